The first-order chi connectivity index (χ1) is 5.76. The predicted octanol–water partition coefficient (Wildman–Crippen LogP) is 0.901. The van der Waals surface area contributed by atoms with Crippen molar-refractivity contribution in [3.8, 4) is 0 Å². The zero-order valence-electron chi connectivity index (χ0n) is 8.31. The predicted molar refractivity (Wildman–Crippen MR) is 51.1 cm³/mol. The average molecular weight is 172 g/mol. The number of hydrogen-bond donors (Lipinski definition) is 2. The van der Waals surface area contributed by atoms with E-state index in [2.05, 4.69) is 17.6 Å². The van der Waals surface area contributed by atoms with Gasteiger partial charge in [-0.25, -0.2) is 0 Å². The van der Waals surface area contributed by atoms with Gasteiger partial charge < -0.3 is 10.6 Å². The van der Waals surface area contributed by atoms with E-state index >= 15 is 0 Å². The quantitative estimate of drug-likeness (QED) is 0.584. The fourth-order valence-corrected chi connectivity index (χ4v) is 1.18. The van der Waals surface area contributed by atoms with E-state index in [4.69, 9.17) is 0 Å². The van der Waals surface area contributed by atoms with Crippen LogP contribution in [0.1, 0.15) is 32.6 Å². The van der Waals surface area contributed by atoms with Crippen molar-refractivity contribution in [3.05, 3.63) is 0 Å². The maximum Gasteiger partial charge on any atom is 0.236 e. The highest BCUT2D eigenvalue weighted by Gasteiger charge is 2.12. The average Bonchev–Trinajstić information content (AvgIpc) is 2.11. The van der Waals surface area contributed by atoms with Crippen LogP contribution < -0.4 is 10.6 Å². The Labute approximate surface area is 74.9 Å². The van der Waals surface area contributed by atoms with Crippen molar-refractivity contribution in [3.63, 3.8) is 0 Å². The monoisotopic (exact) mass is 172 g/mol. The summed E-state index contributed by atoms with van der Waals surface area (Å²) in [5.41, 5.74) is 0. The Morgan fingerprint density at radius 3 is 2.42 bits per heavy atom. The van der Waals surface area contributed by atoms with Crippen molar-refractivity contribution in [1.29, 1.82) is 0 Å². The summed E-state index contributed by atoms with van der Waals surface area (Å²) in [5, 5.41) is 5.64. The number of likely N-dealkylation sites (N-methyl/N-ethyl adjacent to an activating group) is 2. The van der Waals surface area contributed by atoms with Crippen LogP contribution in [0.2, 0.25) is 0 Å². The Balaban J connectivity index is 3.60. The van der Waals surface area contributed by atoms with E-state index in [1.165, 1.54) is 12.8 Å². The van der Waals surface area contributed by atoms with Crippen LogP contribution >= 0.6 is 0 Å². The van der Waals surface area contributed by atoms with Crippen LogP contribution in [-0.4, -0.2) is 26.0 Å². The van der Waals surface area contributed by atoms with Crippen LogP contribution in [0.25, 0.3) is 0 Å². The van der Waals surface area contributed by atoms with Gasteiger partial charge in [0.25, 0.3) is 0 Å². The van der Waals surface area contributed by atoms with E-state index in [1.807, 2.05) is 7.05 Å². The van der Waals surface area contributed by atoms with Crippen molar-refractivity contribution in [2.24, 2.45) is 0 Å². The number of amides is 1. The molecule has 0 aliphatic rings. The van der Waals surface area contributed by atoms with Crippen molar-refractivity contribution < 1.29 is 4.79 Å². The summed E-state index contributed by atoms with van der Waals surface area (Å²) in [6.07, 6.45) is 4.46. The third-order valence-electron chi connectivity index (χ3n) is 2.01. The van der Waals surface area contributed by atoms with E-state index in [9.17, 15) is 4.79 Å². The number of nitrogens with one attached hydrogen (secondary N) is 2. The van der Waals surface area contributed by atoms with Gasteiger partial charge in [-0.15, -0.1) is 0 Å². The van der Waals surface area contributed by atoms with E-state index in [0.29, 0.717) is 0 Å². The minimum absolute atomic E-state index is 0.0125. The first-order valence-corrected chi connectivity index (χ1v) is 4.65. The molecule has 0 saturated carbocycles. The lowest BCUT2D eigenvalue weighted by Gasteiger charge is -2.13. The van der Waals surface area contributed by atoms with E-state index in [0.717, 1.165) is 12.8 Å². The maximum absolute atomic E-state index is 11.2. The molecule has 12 heavy (non-hydrogen) atoms. The van der Waals surface area contributed by atoms with Gasteiger partial charge in [0.15, 0.2) is 0 Å². The van der Waals surface area contributed by atoms with Gasteiger partial charge in [0.05, 0.1) is 6.04 Å². The summed E-state index contributed by atoms with van der Waals surface area (Å²) < 4.78 is 0. The number of carbonyl (C=O) groups is 1. The molecule has 3 heteroatoms. The Hall–Kier alpha value is -0.570. The molecule has 0 rings (SSSR count). The molecule has 0 heterocycles. The topological polar surface area (TPSA) is 41.1 Å². The first kappa shape index (κ1) is 11.4. The van der Waals surface area contributed by atoms with Gasteiger partial charge in [-0.3, -0.25) is 4.79 Å². The fourth-order valence-electron chi connectivity index (χ4n) is 1.18. The third kappa shape index (κ3) is 4.34. The molecule has 0 radical (unpaired) electrons. The molecule has 0 aliphatic heterocycles. The molecule has 0 saturated heterocycles. The normalized spacial score (nSPS) is 12.6. The SMILES string of the molecule is CCCCC[C@H](NC)C(=O)NC. The summed E-state index contributed by atoms with van der Waals surface area (Å²) in [7, 11) is 3.50. The molecule has 0 unspecified atom stereocenters. The molecule has 0 aliphatic carbocycles. The molecular weight excluding hydrogens is 152 g/mol. The molecule has 0 bridgehead atoms. The fraction of sp³-hybridized carbons (Fsp3) is 0.889. The first-order valence-electron chi connectivity index (χ1n) is 4.65. The van der Waals surface area contributed by atoms with Gasteiger partial charge >= 0.3 is 0 Å². The number of carbonyl (C=O) groups excluding carboxylic acids is 1. The second-order valence-electron chi connectivity index (χ2n) is 2.95. The Bertz CT molecular complexity index is 126. The van der Waals surface area contributed by atoms with Crippen molar-refractivity contribution >= 4 is 5.91 Å². The molecule has 72 valence electrons. The standard InChI is InChI=1S/C9H20N2O/c1-4-5-6-7-8(10-2)9(12)11-3/h8,10H,4-7H2,1-3H3,(H,11,12)/t8-/m0/s1. The van der Waals surface area contributed by atoms with Gasteiger partial charge in [-0.2, -0.15) is 0 Å². The lowest BCUT2D eigenvalue weighted by molar-refractivity contribution is -0.122. The number of unbranched alkanes of at least 4 members (excludes halogenated alkanes) is 2. The molecule has 1 amide bonds. The summed E-state index contributed by atoms with van der Waals surface area (Å²) in [4.78, 5) is 11.2. The third-order valence-corrected chi connectivity index (χ3v) is 2.01. The molecular formula is C9H20N2O. The van der Waals surface area contributed by atoms with Gasteiger partial charge in [0, 0.05) is 7.05 Å². The summed E-state index contributed by atoms with van der Waals surface area (Å²) >= 11 is 0. The van der Waals surface area contributed by atoms with Crippen LogP contribution in [0.5, 0.6) is 0 Å². The van der Waals surface area contributed by atoms with Crippen LogP contribution in [0.15, 0.2) is 0 Å². The zero-order chi connectivity index (χ0) is 9.40. The molecule has 1 atom stereocenters. The molecule has 2 N–H and O–H groups in total. The molecule has 0 aromatic heterocycles. The Kier molecular flexibility index (Phi) is 6.76. The smallest absolute Gasteiger partial charge is 0.236 e. The lowest BCUT2D eigenvalue weighted by atomic mass is 10.1. The van der Waals surface area contributed by atoms with Crippen molar-refractivity contribution in [2.45, 2.75) is 38.6 Å². The lowest BCUT2D eigenvalue weighted by Crippen LogP contribution is -2.40. The summed E-state index contributed by atoms with van der Waals surface area (Å²) in [6.45, 7) is 2.16. The van der Waals surface area contributed by atoms with Crippen LogP contribution in [0.4, 0.5) is 0 Å². The largest absolute Gasteiger partial charge is 0.358 e. The molecule has 0 aromatic rings. The van der Waals surface area contributed by atoms with Crippen LogP contribution in [0.3, 0.4) is 0 Å². The Morgan fingerprint density at radius 2 is 2.00 bits per heavy atom. The second kappa shape index (κ2) is 7.10. The van der Waals surface area contributed by atoms with Gasteiger partial charge in [-0.1, -0.05) is 26.2 Å². The highest BCUT2D eigenvalue weighted by Crippen LogP contribution is 2.02. The second-order valence-corrected chi connectivity index (χ2v) is 2.95. The van der Waals surface area contributed by atoms with Crippen molar-refractivity contribution in [1.82, 2.24) is 10.6 Å². The van der Waals surface area contributed by atoms with Gasteiger partial charge in [0.2, 0.25) is 5.91 Å². The number of rotatable bonds is 6. The van der Waals surface area contributed by atoms with E-state index in [1.54, 1.807) is 7.05 Å². The molecule has 0 fully saturated rings. The minimum atomic E-state index is -0.0125. The van der Waals surface area contributed by atoms with E-state index in [-0.39, 0.29) is 11.9 Å². The molecule has 0 spiro atoms. The van der Waals surface area contributed by atoms with Crippen LogP contribution in [0, 0.1) is 0 Å². The van der Waals surface area contributed by atoms with Crippen LogP contribution in [-0.2, 0) is 4.79 Å². The molecule has 0 aromatic carbocycles. The summed E-state index contributed by atoms with van der Waals surface area (Å²) in [5.74, 6) is 0.0913. The molecule has 3 nitrogen and oxygen atoms in total. The highest BCUT2D eigenvalue weighted by molar-refractivity contribution is 5.81. The van der Waals surface area contributed by atoms with Crippen molar-refractivity contribution in [2.75, 3.05) is 14.1 Å². The highest BCUT2D eigenvalue weighted by atomic mass is 16.2. The Morgan fingerprint density at radius 1 is 1.33 bits per heavy atom. The minimum Gasteiger partial charge on any atom is -0.358 e. The van der Waals surface area contributed by atoms with Gasteiger partial charge in [0.1, 0.15) is 0 Å². The van der Waals surface area contributed by atoms with E-state index < -0.39 is 0 Å². The number of hydrogen-bond acceptors (Lipinski definition) is 2. The maximum atomic E-state index is 11.2. The zero-order valence-corrected chi connectivity index (χ0v) is 8.31. The van der Waals surface area contributed by atoms with Gasteiger partial charge in [-0.05, 0) is 13.5 Å². The summed E-state index contributed by atoms with van der Waals surface area (Å²) in [6, 6.07) is -0.0125.